The average Bonchev–Trinajstić information content (AvgIpc) is 2.06. The lowest BCUT2D eigenvalue weighted by Gasteiger charge is -2.19. The summed E-state index contributed by atoms with van der Waals surface area (Å²) in [7, 11) is -1.48. The van der Waals surface area contributed by atoms with Crippen molar-refractivity contribution in [2.45, 2.75) is 26.1 Å². The van der Waals surface area contributed by atoms with E-state index in [4.69, 9.17) is 9.53 Å². The molecule has 0 unspecified atom stereocenters. The van der Waals surface area contributed by atoms with Crippen molar-refractivity contribution in [3.8, 4) is 5.75 Å². The molecule has 1 N–H and O–H groups in total. The van der Waals surface area contributed by atoms with Crippen LogP contribution in [0, 0.1) is 0 Å². The van der Waals surface area contributed by atoms with Crippen molar-refractivity contribution in [1.29, 1.82) is 0 Å². The van der Waals surface area contributed by atoms with Crippen molar-refractivity contribution in [1.82, 2.24) is 0 Å². The van der Waals surface area contributed by atoms with Crippen LogP contribution in [0.4, 0.5) is 0 Å². The van der Waals surface area contributed by atoms with E-state index in [2.05, 4.69) is 19.6 Å². The number of aliphatic hydroxyl groups is 1. The number of hydrogen-bond donors (Lipinski definition) is 1. The van der Waals surface area contributed by atoms with E-state index in [0.717, 1.165) is 11.3 Å². The summed E-state index contributed by atoms with van der Waals surface area (Å²) in [6, 6.07) is 7.96. The number of hydrogen-bond acceptors (Lipinski definition) is 2. The highest BCUT2D eigenvalue weighted by atomic mass is 28.4. The molecule has 3 heteroatoms. The molecule has 0 heterocycles. The number of aliphatic hydroxyl groups excluding tert-OH is 1. The van der Waals surface area contributed by atoms with Crippen LogP contribution in [0.5, 0.6) is 5.75 Å². The highest BCUT2D eigenvalue weighted by Gasteiger charge is 2.15. The van der Waals surface area contributed by atoms with Gasteiger partial charge in [-0.2, -0.15) is 0 Å². The lowest BCUT2D eigenvalue weighted by Crippen LogP contribution is -2.29. The summed E-state index contributed by atoms with van der Waals surface area (Å²) in [5.41, 5.74) is 1.15. The zero-order valence-electron chi connectivity index (χ0n) is 9.08. The Morgan fingerprint density at radius 3 is 2.14 bits per heavy atom. The summed E-state index contributed by atoms with van der Waals surface area (Å²) in [4.78, 5) is 0. The van der Waals surface area contributed by atoms with Crippen molar-refractivity contribution >= 4 is 8.32 Å². The summed E-state index contributed by atoms with van der Waals surface area (Å²) in [6.07, 6.45) is 0.716. The maximum Gasteiger partial charge on any atom is 0.242 e. The van der Waals surface area contributed by atoms with Crippen molar-refractivity contribution in [2.75, 3.05) is 6.61 Å². The summed E-state index contributed by atoms with van der Waals surface area (Å²) < 4.78 is 5.81. The van der Waals surface area contributed by atoms with Gasteiger partial charge < -0.3 is 9.53 Å². The van der Waals surface area contributed by atoms with Gasteiger partial charge in [-0.25, -0.2) is 0 Å². The fraction of sp³-hybridized carbons (Fsp3) is 0.455. The van der Waals surface area contributed by atoms with Crippen LogP contribution in [0.2, 0.25) is 19.6 Å². The molecule has 0 saturated heterocycles. The third-order valence-electron chi connectivity index (χ3n) is 1.75. The Balaban J connectivity index is 2.64. The average molecular weight is 210 g/mol. The molecule has 78 valence electrons. The van der Waals surface area contributed by atoms with Crippen LogP contribution in [0.25, 0.3) is 0 Å². The summed E-state index contributed by atoms with van der Waals surface area (Å²) in [5.74, 6) is 0.936. The van der Waals surface area contributed by atoms with E-state index in [1.807, 2.05) is 24.3 Å². The Labute approximate surface area is 86.7 Å². The molecule has 0 fully saturated rings. The molecule has 0 amide bonds. The van der Waals surface area contributed by atoms with Crippen LogP contribution in [-0.4, -0.2) is 20.0 Å². The first-order valence-electron chi connectivity index (χ1n) is 4.90. The van der Waals surface area contributed by atoms with Crippen LogP contribution in [0.15, 0.2) is 24.3 Å². The highest BCUT2D eigenvalue weighted by Crippen LogP contribution is 2.16. The summed E-state index contributed by atoms with van der Waals surface area (Å²) >= 11 is 0. The van der Waals surface area contributed by atoms with Gasteiger partial charge in [-0.3, -0.25) is 0 Å². The fourth-order valence-corrected chi connectivity index (χ4v) is 2.05. The van der Waals surface area contributed by atoms with Gasteiger partial charge >= 0.3 is 0 Å². The molecule has 14 heavy (non-hydrogen) atoms. The number of benzene rings is 1. The minimum Gasteiger partial charge on any atom is -0.544 e. The summed E-state index contributed by atoms with van der Waals surface area (Å²) in [6.45, 7) is 6.69. The van der Waals surface area contributed by atoms with Gasteiger partial charge in [-0.15, -0.1) is 0 Å². The van der Waals surface area contributed by atoms with Crippen molar-refractivity contribution in [2.24, 2.45) is 0 Å². The largest absolute Gasteiger partial charge is 0.544 e. The fourth-order valence-electron chi connectivity index (χ4n) is 1.21. The van der Waals surface area contributed by atoms with E-state index in [-0.39, 0.29) is 6.61 Å². The molecule has 0 spiro atoms. The molecule has 0 aliphatic heterocycles. The lowest BCUT2D eigenvalue weighted by atomic mass is 10.2. The second-order valence-electron chi connectivity index (χ2n) is 4.33. The van der Waals surface area contributed by atoms with Crippen molar-refractivity contribution in [3.63, 3.8) is 0 Å². The molecular weight excluding hydrogens is 192 g/mol. The van der Waals surface area contributed by atoms with Crippen molar-refractivity contribution in [3.05, 3.63) is 29.8 Å². The van der Waals surface area contributed by atoms with Crippen LogP contribution < -0.4 is 4.43 Å². The predicted molar refractivity (Wildman–Crippen MR) is 61.2 cm³/mol. The predicted octanol–water partition coefficient (Wildman–Crippen LogP) is 2.44. The Morgan fingerprint density at radius 2 is 1.71 bits per heavy atom. The Hall–Kier alpha value is -0.803. The quantitative estimate of drug-likeness (QED) is 0.773. The zero-order valence-corrected chi connectivity index (χ0v) is 10.1. The van der Waals surface area contributed by atoms with E-state index >= 15 is 0 Å². The minimum absolute atomic E-state index is 0.203. The monoisotopic (exact) mass is 210 g/mol. The molecule has 0 aliphatic carbocycles. The molecule has 0 radical (unpaired) electrons. The van der Waals surface area contributed by atoms with Gasteiger partial charge in [0.2, 0.25) is 8.32 Å². The smallest absolute Gasteiger partial charge is 0.242 e. The molecule has 0 saturated carbocycles. The van der Waals surface area contributed by atoms with Gasteiger partial charge in [0.05, 0.1) is 0 Å². The standard InChI is InChI=1S/C11H18O2Si/c1-14(2,3)13-11-6-4-10(5-7-11)8-9-12/h4-7,12H,8-9H2,1-3H3. The molecule has 0 aromatic heterocycles. The first-order chi connectivity index (χ1) is 6.51. The van der Waals surface area contributed by atoms with Gasteiger partial charge in [-0.05, 0) is 43.8 Å². The van der Waals surface area contributed by atoms with E-state index in [9.17, 15) is 0 Å². The van der Waals surface area contributed by atoms with Gasteiger partial charge in [-0.1, -0.05) is 12.1 Å². The summed E-state index contributed by atoms with van der Waals surface area (Å²) in [5, 5.41) is 8.75. The maximum absolute atomic E-state index is 8.75. The van der Waals surface area contributed by atoms with Crippen LogP contribution in [0.1, 0.15) is 5.56 Å². The molecule has 0 bridgehead atoms. The van der Waals surface area contributed by atoms with Crippen LogP contribution in [0.3, 0.4) is 0 Å². The zero-order chi connectivity index (χ0) is 10.6. The van der Waals surface area contributed by atoms with E-state index in [1.165, 1.54) is 0 Å². The van der Waals surface area contributed by atoms with Gasteiger partial charge in [0.15, 0.2) is 0 Å². The lowest BCUT2D eigenvalue weighted by molar-refractivity contribution is 0.299. The third kappa shape index (κ3) is 3.94. The Bertz CT molecular complexity index is 274. The van der Waals surface area contributed by atoms with E-state index < -0.39 is 8.32 Å². The molecule has 1 aromatic carbocycles. The highest BCUT2D eigenvalue weighted by molar-refractivity contribution is 6.70. The topological polar surface area (TPSA) is 29.5 Å². The molecule has 1 rings (SSSR count). The second-order valence-corrected chi connectivity index (χ2v) is 8.76. The van der Waals surface area contributed by atoms with Crippen LogP contribution >= 0.6 is 0 Å². The second kappa shape index (κ2) is 4.62. The number of rotatable bonds is 4. The van der Waals surface area contributed by atoms with Gasteiger partial charge in [0.1, 0.15) is 5.75 Å². The first kappa shape index (κ1) is 11.3. The Kier molecular flexibility index (Phi) is 3.72. The Morgan fingerprint density at radius 1 is 1.14 bits per heavy atom. The molecule has 0 atom stereocenters. The van der Waals surface area contributed by atoms with Gasteiger partial charge in [0.25, 0.3) is 0 Å². The SMILES string of the molecule is C[Si](C)(C)Oc1ccc(CCO)cc1. The van der Waals surface area contributed by atoms with Crippen LogP contribution in [-0.2, 0) is 6.42 Å². The third-order valence-corrected chi connectivity index (χ3v) is 2.60. The normalized spacial score (nSPS) is 11.4. The maximum atomic E-state index is 8.75. The molecule has 0 aliphatic rings. The molecule has 1 aromatic rings. The molecule has 2 nitrogen and oxygen atoms in total. The van der Waals surface area contributed by atoms with Crippen molar-refractivity contribution < 1.29 is 9.53 Å². The first-order valence-corrected chi connectivity index (χ1v) is 8.31. The van der Waals surface area contributed by atoms with Gasteiger partial charge in [0, 0.05) is 6.61 Å². The van der Waals surface area contributed by atoms with E-state index in [1.54, 1.807) is 0 Å². The minimum atomic E-state index is -1.48. The molecular formula is C11H18O2Si. The van der Waals surface area contributed by atoms with E-state index in [0.29, 0.717) is 6.42 Å².